The Kier molecular flexibility index (Phi) is 14.5. The number of aliphatic hydroxyl groups is 1. The molecule has 0 fully saturated rings. The summed E-state index contributed by atoms with van der Waals surface area (Å²) in [5, 5.41) is 36.5. The minimum atomic E-state index is -4.46. The second-order valence-electron chi connectivity index (χ2n) is 9.32. The van der Waals surface area contributed by atoms with Crippen LogP contribution < -0.4 is 10.6 Å². The molecule has 2 amide bonds. The summed E-state index contributed by atoms with van der Waals surface area (Å²) in [5.41, 5.74) is 4.69. The molecule has 0 saturated carbocycles. The van der Waals surface area contributed by atoms with Crippen molar-refractivity contribution in [2.45, 2.75) is 52.1 Å². The number of aryl methyl sites for hydroxylation is 1. The summed E-state index contributed by atoms with van der Waals surface area (Å²) in [5.74, 6) is 0.131. The molecular weight excluding hydrogens is 523 g/mol. The molecule has 0 saturated heterocycles. The smallest absolute Gasteiger partial charge is 0.390 e. The molecule has 3 rings (SSSR count). The van der Waals surface area contributed by atoms with Crippen LogP contribution in [0.15, 0.2) is 59.8 Å². The summed E-state index contributed by atoms with van der Waals surface area (Å²) in [7, 11) is 1.00. The Morgan fingerprint density at radius 2 is 1.80 bits per heavy atom. The highest BCUT2D eigenvalue weighted by Crippen LogP contribution is 2.32. The SMILES string of the molecule is C=N.CO.Cc1cccc(NC2=C(CCNC(=O)N(CCC(F)(F)F)C(=N)c3ccc(O)cc3)CCC(C)C2)c1. The number of phenols is 1. The summed E-state index contributed by atoms with van der Waals surface area (Å²) in [6.07, 6.45) is -2.33. The predicted molar refractivity (Wildman–Crippen MR) is 153 cm³/mol. The molecule has 1 aliphatic rings. The van der Waals surface area contributed by atoms with Gasteiger partial charge < -0.3 is 26.3 Å². The lowest BCUT2D eigenvalue weighted by molar-refractivity contribution is -0.135. The fourth-order valence-electron chi connectivity index (χ4n) is 4.22. The van der Waals surface area contributed by atoms with Crippen LogP contribution in [0.5, 0.6) is 5.75 Å². The first-order valence-electron chi connectivity index (χ1n) is 12.9. The second kappa shape index (κ2) is 17.0. The van der Waals surface area contributed by atoms with Gasteiger partial charge in [0.2, 0.25) is 0 Å². The molecule has 1 atom stereocenters. The number of nitrogens with one attached hydrogen (secondary N) is 4. The number of carbonyl (C=O) groups is 1. The normalized spacial score (nSPS) is 14.6. The quantitative estimate of drug-likeness (QED) is 0.163. The summed E-state index contributed by atoms with van der Waals surface area (Å²) >= 11 is 0. The van der Waals surface area contributed by atoms with Gasteiger partial charge >= 0.3 is 12.2 Å². The number of urea groups is 1. The highest BCUT2D eigenvalue weighted by molar-refractivity contribution is 6.05. The van der Waals surface area contributed by atoms with Gasteiger partial charge in [0.05, 0.1) is 6.42 Å². The third-order valence-corrected chi connectivity index (χ3v) is 6.21. The fourth-order valence-corrected chi connectivity index (χ4v) is 4.22. The van der Waals surface area contributed by atoms with Crippen molar-refractivity contribution in [1.29, 1.82) is 10.8 Å². The van der Waals surface area contributed by atoms with E-state index in [0.29, 0.717) is 12.3 Å². The highest BCUT2D eigenvalue weighted by Gasteiger charge is 2.31. The Labute approximate surface area is 233 Å². The second-order valence-corrected chi connectivity index (χ2v) is 9.32. The van der Waals surface area contributed by atoms with E-state index in [1.54, 1.807) is 0 Å². The zero-order valence-electron chi connectivity index (χ0n) is 23.2. The number of nitrogens with zero attached hydrogens (tertiary/aromatic N) is 1. The highest BCUT2D eigenvalue weighted by atomic mass is 19.4. The average molecular weight is 564 g/mol. The molecule has 2 aromatic carbocycles. The first kappa shape index (κ1) is 34.2. The molecule has 6 N–H and O–H groups in total. The number of benzene rings is 2. The Morgan fingerprint density at radius 1 is 1.15 bits per heavy atom. The van der Waals surface area contributed by atoms with Crippen molar-refractivity contribution in [3.05, 3.63) is 70.9 Å². The third kappa shape index (κ3) is 11.5. The van der Waals surface area contributed by atoms with Gasteiger partial charge in [-0.2, -0.15) is 13.2 Å². The summed E-state index contributed by atoms with van der Waals surface area (Å²) in [6.45, 7) is 6.30. The molecule has 0 aliphatic heterocycles. The Balaban J connectivity index is 0.00000191. The molecule has 1 unspecified atom stereocenters. The van der Waals surface area contributed by atoms with Gasteiger partial charge in [0, 0.05) is 37.1 Å². The molecule has 0 heterocycles. The Hall–Kier alpha value is -3.86. The van der Waals surface area contributed by atoms with E-state index in [-0.39, 0.29) is 23.7 Å². The van der Waals surface area contributed by atoms with Gasteiger partial charge in [-0.25, -0.2) is 4.79 Å². The molecule has 0 radical (unpaired) electrons. The van der Waals surface area contributed by atoms with Crippen LogP contribution in [-0.4, -0.2) is 60.1 Å². The zero-order chi connectivity index (χ0) is 30.3. The maximum atomic E-state index is 12.9. The lowest BCUT2D eigenvalue weighted by Crippen LogP contribution is -2.45. The van der Waals surface area contributed by atoms with E-state index in [9.17, 15) is 23.1 Å². The first-order valence-corrected chi connectivity index (χ1v) is 12.9. The predicted octanol–water partition coefficient (Wildman–Crippen LogP) is 6.44. The van der Waals surface area contributed by atoms with E-state index < -0.39 is 25.2 Å². The molecule has 8 nitrogen and oxygen atoms in total. The summed E-state index contributed by atoms with van der Waals surface area (Å²) in [4.78, 5) is 13.7. The largest absolute Gasteiger partial charge is 0.508 e. The van der Waals surface area contributed by atoms with Crippen molar-refractivity contribution in [1.82, 2.24) is 10.2 Å². The van der Waals surface area contributed by atoms with Crippen LogP contribution in [-0.2, 0) is 0 Å². The maximum Gasteiger partial charge on any atom is 0.390 e. The standard InChI is InChI=1S/C27H33F3N4O2.CH3N.CH4O/c1-18-4-3-5-22(16-18)33-24-17-19(2)6-7-20(24)12-14-32-26(36)34(15-13-27(28,29)30)25(31)21-8-10-23(35)11-9-21;2*1-2/h3-5,8-11,16,19,31,33,35H,6-7,12-15,17H2,1-2H3,(H,32,36);2H,1H2;2H,1H3. The molecular formula is C29H40F3N5O3. The van der Waals surface area contributed by atoms with Crippen LogP contribution in [0, 0.1) is 23.7 Å². The van der Waals surface area contributed by atoms with Gasteiger partial charge in [-0.05, 0) is 92.8 Å². The van der Waals surface area contributed by atoms with E-state index >= 15 is 0 Å². The number of hydrogen-bond donors (Lipinski definition) is 6. The van der Waals surface area contributed by atoms with Crippen molar-refractivity contribution in [2.75, 3.05) is 25.5 Å². The first-order chi connectivity index (χ1) is 19.0. The van der Waals surface area contributed by atoms with E-state index in [4.69, 9.17) is 15.9 Å². The monoisotopic (exact) mass is 563 g/mol. The van der Waals surface area contributed by atoms with Crippen LogP contribution in [0.25, 0.3) is 0 Å². The van der Waals surface area contributed by atoms with Gasteiger partial charge in [0.15, 0.2) is 0 Å². The van der Waals surface area contributed by atoms with E-state index in [2.05, 4.69) is 30.3 Å². The Morgan fingerprint density at radius 3 is 2.40 bits per heavy atom. The number of amides is 2. The number of alkyl halides is 3. The van der Waals surface area contributed by atoms with Crippen molar-refractivity contribution >= 4 is 24.3 Å². The third-order valence-electron chi connectivity index (χ3n) is 6.21. The fraction of sp³-hybridized carbons (Fsp3) is 0.414. The molecule has 40 heavy (non-hydrogen) atoms. The minimum absolute atomic E-state index is 0.0389. The van der Waals surface area contributed by atoms with Crippen LogP contribution in [0.4, 0.5) is 23.7 Å². The number of anilines is 1. The van der Waals surface area contributed by atoms with Crippen LogP contribution >= 0.6 is 0 Å². The summed E-state index contributed by atoms with van der Waals surface area (Å²) in [6, 6.07) is 12.8. The van der Waals surface area contributed by atoms with Crippen molar-refractivity contribution in [3.63, 3.8) is 0 Å². The van der Waals surface area contributed by atoms with E-state index in [0.717, 1.165) is 48.2 Å². The lowest BCUT2D eigenvalue weighted by Gasteiger charge is -2.27. The molecule has 0 spiro atoms. The van der Waals surface area contributed by atoms with Crippen molar-refractivity contribution < 1.29 is 28.2 Å². The lowest BCUT2D eigenvalue weighted by atomic mass is 9.87. The number of aromatic hydroxyl groups is 1. The van der Waals surface area contributed by atoms with Gasteiger partial charge in [0.1, 0.15) is 11.6 Å². The van der Waals surface area contributed by atoms with E-state index in [1.807, 2.05) is 25.1 Å². The van der Waals surface area contributed by atoms with Crippen LogP contribution in [0.1, 0.15) is 50.2 Å². The number of phenolic OH excluding ortho intramolecular Hbond substituents is 1. The maximum absolute atomic E-state index is 12.9. The van der Waals surface area contributed by atoms with Crippen LogP contribution in [0.3, 0.4) is 0 Å². The van der Waals surface area contributed by atoms with Gasteiger partial charge in [0.25, 0.3) is 0 Å². The van der Waals surface area contributed by atoms with Gasteiger partial charge in [-0.1, -0.05) is 19.1 Å². The molecule has 0 bridgehead atoms. The van der Waals surface area contributed by atoms with Crippen LogP contribution in [0.2, 0.25) is 0 Å². The topological polar surface area (TPSA) is 133 Å². The van der Waals surface area contributed by atoms with Gasteiger partial charge in [-0.15, -0.1) is 0 Å². The summed E-state index contributed by atoms with van der Waals surface area (Å²) < 4.78 is 38.7. The number of hydrogen-bond acceptors (Lipinski definition) is 6. The zero-order valence-corrected chi connectivity index (χ0v) is 23.2. The average Bonchev–Trinajstić information content (AvgIpc) is 2.92. The van der Waals surface area contributed by atoms with Crippen molar-refractivity contribution in [2.24, 2.45) is 5.92 Å². The molecule has 2 aromatic rings. The number of aliphatic hydroxyl groups excluding tert-OH is 1. The number of amidine groups is 1. The number of carbonyl (C=O) groups excluding carboxylic acids is 1. The number of rotatable bonds is 8. The molecule has 1 aliphatic carbocycles. The number of halogens is 3. The minimum Gasteiger partial charge on any atom is -0.508 e. The molecule has 0 aromatic heterocycles. The molecule has 220 valence electrons. The van der Waals surface area contributed by atoms with Gasteiger partial charge in [-0.3, -0.25) is 10.3 Å². The van der Waals surface area contributed by atoms with Crippen molar-refractivity contribution in [3.8, 4) is 5.75 Å². The Bertz CT molecular complexity index is 1120. The molecule has 11 heteroatoms. The number of allylic oxidation sites excluding steroid dienone is 1. The van der Waals surface area contributed by atoms with E-state index in [1.165, 1.54) is 29.8 Å².